The van der Waals surface area contributed by atoms with E-state index in [2.05, 4.69) is 5.32 Å². The molecule has 0 radical (unpaired) electrons. The molecule has 1 aliphatic heterocycles. The number of nitrogens with one attached hydrogen (secondary N) is 1. The number of carboxylic acids is 1. The fourth-order valence-corrected chi connectivity index (χ4v) is 3.82. The van der Waals surface area contributed by atoms with Crippen LogP contribution in [0.2, 0.25) is 0 Å². The molecule has 168 valence electrons. The first kappa shape index (κ1) is 26.0. The molecule has 0 saturated carbocycles. The fraction of sp³-hybridized carbons (Fsp3) is 0.391. The van der Waals surface area contributed by atoms with Crippen LogP contribution in [0, 0.1) is 0 Å². The Bertz CT molecular complexity index is 924. The molecule has 9 heteroatoms. The quantitative estimate of drug-likeness (QED) is 0.669. The zero-order chi connectivity index (χ0) is 22.6. The first-order chi connectivity index (χ1) is 14.6. The first-order valence-corrected chi connectivity index (χ1v) is 10.2. The molecular weight excluding hydrogens is 416 g/mol. The van der Waals surface area contributed by atoms with Gasteiger partial charge in [0.1, 0.15) is 0 Å². The van der Waals surface area contributed by atoms with Crippen molar-refractivity contribution in [1.82, 2.24) is 10.2 Å². The van der Waals surface area contributed by atoms with Gasteiger partial charge in [-0.2, -0.15) is 13.2 Å². The Morgan fingerprint density at radius 2 is 1.75 bits per heavy atom. The Kier molecular flexibility index (Phi) is 8.96. The van der Waals surface area contributed by atoms with Gasteiger partial charge < -0.3 is 11.8 Å². The van der Waals surface area contributed by atoms with Gasteiger partial charge >= 0.3 is 31.0 Å². The molecule has 3 rings (SSSR count). The third kappa shape index (κ3) is 6.61. The summed E-state index contributed by atoms with van der Waals surface area (Å²) in [5, 5.41) is 12.0. The van der Waals surface area contributed by atoms with Crippen molar-refractivity contribution in [3.8, 4) is 0 Å². The van der Waals surface area contributed by atoms with E-state index in [1.165, 1.54) is 24.3 Å². The van der Waals surface area contributed by atoms with E-state index in [-0.39, 0.29) is 43.8 Å². The van der Waals surface area contributed by atoms with Crippen LogP contribution in [0.15, 0.2) is 48.5 Å². The summed E-state index contributed by atoms with van der Waals surface area (Å²) in [6.07, 6.45) is -1.86. The third-order valence-electron chi connectivity index (χ3n) is 5.60. The number of piperidine rings is 1. The molecule has 2 N–H and O–H groups in total. The van der Waals surface area contributed by atoms with Crippen LogP contribution in [0.1, 0.15) is 60.7 Å². The molecule has 0 aliphatic carbocycles. The van der Waals surface area contributed by atoms with E-state index in [0.29, 0.717) is 19.5 Å². The Morgan fingerprint density at radius 3 is 2.31 bits per heavy atom. The van der Waals surface area contributed by atoms with Crippen LogP contribution in [0.4, 0.5) is 13.2 Å². The smallest absolute Gasteiger partial charge is 1.00 e. The molecule has 1 amide bonds. The second kappa shape index (κ2) is 11.0. The van der Waals surface area contributed by atoms with Crippen molar-refractivity contribution in [1.29, 1.82) is 0 Å². The van der Waals surface area contributed by atoms with Crippen LogP contribution < -0.4 is 24.2 Å². The summed E-state index contributed by atoms with van der Waals surface area (Å²) in [6.45, 7) is 2.93. The van der Waals surface area contributed by atoms with Crippen LogP contribution in [-0.4, -0.2) is 34.5 Å². The molecule has 0 bridgehead atoms. The number of likely N-dealkylation sites (tertiary alicyclic amines) is 1. The van der Waals surface area contributed by atoms with Crippen molar-refractivity contribution >= 4 is 11.9 Å². The zero-order valence-corrected chi connectivity index (χ0v) is 18.2. The number of hydrogen-bond acceptors (Lipinski definition) is 3. The maximum absolute atomic E-state index is 12.9. The van der Waals surface area contributed by atoms with Gasteiger partial charge in [-0.3, -0.25) is 9.69 Å². The van der Waals surface area contributed by atoms with Crippen molar-refractivity contribution in [2.45, 2.75) is 51.0 Å². The van der Waals surface area contributed by atoms with Crippen LogP contribution >= 0.6 is 0 Å². The molecule has 1 saturated heterocycles. The van der Waals surface area contributed by atoms with Gasteiger partial charge in [0.2, 0.25) is 5.91 Å². The maximum atomic E-state index is 12.9. The topological polar surface area (TPSA) is 69.6 Å². The van der Waals surface area contributed by atoms with Crippen LogP contribution in [0.3, 0.4) is 0 Å². The van der Waals surface area contributed by atoms with Gasteiger partial charge in [-0.05, 0) is 61.7 Å². The predicted octanol–water partition coefficient (Wildman–Crippen LogP) is 1.75. The van der Waals surface area contributed by atoms with Crippen molar-refractivity contribution in [2.75, 3.05) is 6.54 Å². The van der Waals surface area contributed by atoms with Crippen LogP contribution in [0.25, 0.3) is 0 Å². The Labute approximate surface area is 198 Å². The molecule has 0 aromatic heterocycles. The molecule has 1 heterocycles. The number of alkyl halides is 3. The molecule has 1 fully saturated rings. The number of carboxylic acid groups (broad SMARTS) is 1. The standard InChI is InChI=1S/C23H25F3N2O3.Li.H/c1-15(17-7-9-18(10-8-17)22(30)31)27-21(29)20-4-2-3-13-28(20)14-16-5-11-19(12-6-16)23(24,25)26;;/h5-12,15,20H,2-4,13-14H2,1H3,(H,27,29)(H,30,31);;/q;+1;-1/t15-,20?;;/m0../s1. The fourth-order valence-electron chi connectivity index (χ4n) is 3.82. The van der Waals surface area contributed by atoms with Crippen LogP contribution in [0.5, 0.6) is 0 Å². The molecule has 1 aliphatic rings. The Morgan fingerprint density at radius 1 is 1.12 bits per heavy atom. The second-order valence-corrected chi connectivity index (χ2v) is 7.83. The van der Waals surface area contributed by atoms with Crippen molar-refractivity contribution in [2.24, 2.45) is 0 Å². The average molecular weight is 442 g/mol. The Hall–Kier alpha value is -2.27. The molecule has 0 spiro atoms. The van der Waals surface area contributed by atoms with Crippen LogP contribution in [-0.2, 0) is 17.5 Å². The second-order valence-electron chi connectivity index (χ2n) is 7.83. The number of amides is 1. The molecule has 1 unspecified atom stereocenters. The summed E-state index contributed by atoms with van der Waals surface area (Å²) in [7, 11) is 0. The summed E-state index contributed by atoms with van der Waals surface area (Å²) in [5.74, 6) is -1.15. The van der Waals surface area contributed by atoms with Gasteiger partial charge in [0.05, 0.1) is 23.2 Å². The maximum Gasteiger partial charge on any atom is 1.00 e. The SMILES string of the molecule is C[C@H](NC(=O)C1CCCCN1Cc1ccc(C(F)(F)F)cc1)c1ccc(C(=O)O)cc1.[H-].[Li+]. The number of halogens is 3. The minimum atomic E-state index is -4.37. The van der Waals surface area contributed by atoms with Gasteiger partial charge in [-0.15, -0.1) is 0 Å². The molecule has 2 aromatic carbocycles. The summed E-state index contributed by atoms with van der Waals surface area (Å²) in [4.78, 5) is 25.9. The Balaban J connectivity index is 0.00000272. The average Bonchev–Trinajstić information content (AvgIpc) is 2.74. The van der Waals surface area contributed by atoms with E-state index < -0.39 is 17.7 Å². The van der Waals surface area contributed by atoms with E-state index in [1.54, 1.807) is 12.1 Å². The largest absolute Gasteiger partial charge is 1.00 e. The van der Waals surface area contributed by atoms with Gasteiger partial charge in [0.25, 0.3) is 0 Å². The number of benzene rings is 2. The normalized spacial score (nSPS) is 17.8. The molecule has 2 aromatic rings. The number of carbonyl (C=O) groups is 2. The van der Waals surface area contributed by atoms with Crippen molar-refractivity contribution < 1.29 is 48.2 Å². The third-order valence-corrected chi connectivity index (χ3v) is 5.60. The minimum absolute atomic E-state index is 0. The monoisotopic (exact) mass is 442 g/mol. The van der Waals surface area contributed by atoms with Gasteiger partial charge in [0.15, 0.2) is 0 Å². The summed E-state index contributed by atoms with van der Waals surface area (Å²) in [5.41, 5.74) is 1.01. The molecule has 32 heavy (non-hydrogen) atoms. The van der Waals surface area contributed by atoms with E-state index in [9.17, 15) is 22.8 Å². The number of rotatable bonds is 6. The van der Waals surface area contributed by atoms with Gasteiger partial charge in [-0.25, -0.2) is 4.79 Å². The van der Waals surface area contributed by atoms with Crippen molar-refractivity contribution in [3.05, 3.63) is 70.8 Å². The summed E-state index contributed by atoms with van der Waals surface area (Å²) < 4.78 is 38.3. The van der Waals surface area contributed by atoms with Crippen molar-refractivity contribution in [3.63, 3.8) is 0 Å². The molecular formula is C23H26F3LiN2O3. The van der Waals surface area contributed by atoms with E-state index in [4.69, 9.17) is 5.11 Å². The summed E-state index contributed by atoms with van der Waals surface area (Å²) in [6, 6.07) is 10.7. The molecule has 5 nitrogen and oxygen atoms in total. The zero-order valence-electron chi connectivity index (χ0n) is 19.2. The number of nitrogens with zero attached hydrogens (tertiary/aromatic N) is 1. The first-order valence-electron chi connectivity index (χ1n) is 10.2. The molecule has 2 atom stereocenters. The van der Waals surface area contributed by atoms with Gasteiger partial charge in [-0.1, -0.05) is 30.7 Å². The number of aromatic carboxylic acids is 1. The minimum Gasteiger partial charge on any atom is -1.00 e. The van der Waals surface area contributed by atoms with Gasteiger partial charge in [0, 0.05) is 6.54 Å². The summed E-state index contributed by atoms with van der Waals surface area (Å²) >= 11 is 0. The number of carbonyl (C=O) groups excluding carboxylic acids is 1. The van der Waals surface area contributed by atoms with E-state index in [1.807, 2.05) is 11.8 Å². The number of hydrogen-bond donors (Lipinski definition) is 2. The predicted molar refractivity (Wildman–Crippen MR) is 111 cm³/mol. The van der Waals surface area contributed by atoms with E-state index in [0.717, 1.165) is 36.1 Å². The van der Waals surface area contributed by atoms with E-state index >= 15 is 0 Å².